The molecule has 3 heterocycles. The van der Waals surface area contributed by atoms with Crippen LogP contribution in [0.3, 0.4) is 0 Å². The molecule has 0 N–H and O–H groups in total. The first-order valence-electron chi connectivity index (χ1n) is 22.3. The first-order valence-corrected chi connectivity index (χ1v) is 22.3. The molecule has 0 radical (unpaired) electrons. The summed E-state index contributed by atoms with van der Waals surface area (Å²) in [6.07, 6.45) is 0. The zero-order valence-electron chi connectivity index (χ0n) is 35.1. The number of furan rings is 2. The molecular weight excluding hydrogens is 791 g/mol. The van der Waals surface area contributed by atoms with Crippen molar-refractivity contribution in [3.8, 4) is 50.4 Å². The number of fused-ring (bicyclic) bond motifs is 11. The van der Waals surface area contributed by atoms with Crippen LogP contribution in [0.5, 0.6) is 0 Å². The molecule has 65 heavy (non-hydrogen) atoms. The Morgan fingerprint density at radius 3 is 1.63 bits per heavy atom. The summed E-state index contributed by atoms with van der Waals surface area (Å²) in [5, 5.41) is 12.6. The van der Waals surface area contributed by atoms with Gasteiger partial charge in [-0.3, -0.25) is 0 Å². The minimum atomic E-state index is 0.816. The molecule has 0 aliphatic rings. The summed E-state index contributed by atoms with van der Waals surface area (Å²) in [7, 11) is 0. The van der Waals surface area contributed by atoms with E-state index in [1.54, 1.807) is 0 Å². The van der Waals surface area contributed by atoms with Crippen molar-refractivity contribution in [2.24, 2.45) is 0 Å². The SMILES string of the molecule is c1ccc(-c2c(-c3ccc4ccccc4c3)oc3cc(-c4c5ccccc5c(-c5cccc6c5c5ccccc5n6-c5ccccc5)c5ccccc45)c4oc5ccccc5c4c23)cc1. The average molecular weight is 828 g/mol. The highest BCUT2D eigenvalue weighted by atomic mass is 16.3. The summed E-state index contributed by atoms with van der Waals surface area (Å²) in [5.41, 5.74) is 13.7. The van der Waals surface area contributed by atoms with E-state index in [4.69, 9.17) is 8.83 Å². The van der Waals surface area contributed by atoms with E-state index >= 15 is 0 Å². The second-order valence-corrected chi connectivity index (χ2v) is 17.1. The fourth-order valence-corrected chi connectivity index (χ4v) is 10.9. The second kappa shape index (κ2) is 13.9. The third-order valence-electron chi connectivity index (χ3n) is 13.6. The van der Waals surface area contributed by atoms with Crippen LogP contribution < -0.4 is 0 Å². The molecule has 0 aliphatic carbocycles. The third kappa shape index (κ3) is 5.24. The first kappa shape index (κ1) is 35.9. The summed E-state index contributed by atoms with van der Waals surface area (Å²) in [6.45, 7) is 0. The zero-order chi connectivity index (χ0) is 42.6. The lowest BCUT2D eigenvalue weighted by atomic mass is 9.84. The third-order valence-corrected chi connectivity index (χ3v) is 13.6. The number of benzene rings is 11. The molecule has 14 rings (SSSR count). The topological polar surface area (TPSA) is 31.2 Å². The maximum atomic E-state index is 7.28. The van der Waals surface area contributed by atoms with Gasteiger partial charge in [-0.05, 0) is 91.5 Å². The number of nitrogens with zero attached hydrogens (tertiary/aromatic N) is 1. The predicted octanol–water partition coefficient (Wildman–Crippen LogP) is 17.6. The van der Waals surface area contributed by atoms with Gasteiger partial charge < -0.3 is 13.4 Å². The van der Waals surface area contributed by atoms with E-state index in [2.05, 4.69) is 229 Å². The lowest BCUT2D eigenvalue weighted by molar-refractivity contribution is 0.632. The van der Waals surface area contributed by atoms with Crippen molar-refractivity contribution in [1.82, 2.24) is 4.57 Å². The van der Waals surface area contributed by atoms with E-state index < -0.39 is 0 Å². The van der Waals surface area contributed by atoms with Gasteiger partial charge in [-0.25, -0.2) is 0 Å². The van der Waals surface area contributed by atoms with E-state index in [1.807, 2.05) is 0 Å². The normalized spacial score (nSPS) is 12.0. The molecule has 11 aromatic carbocycles. The fourth-order valence-electron chi connectivity index (χ4n) is 10.9. The van der Waals surface area contributed by atoms with Crippen LogP contribution in [0.1, 0.15) is 0 Å². The van der Waals surface area contributed by atoms with Crippen molar-refractivity contribution in [2.75, 3.05) is 0 Å². The lowest BCUT2D eigenvalue weighted by Gasteiger charge is -2.19. The van der Waals surface area contributed by atoms with Gasteiger partial charge in [0.05, 0.1) is 11.0 Å². The molecule has 0 atom stereocenters. The van der Waals surface area contributed by atoms with Gasteiger partial charge >= 0.3 is 0 Å². The highest BCUT2D eigenvalue weighted by molar-refractivity contribution is 6.31. The first-order chi connectivity index (χ1) is 32.3. The minimum absolute atomic E-state index is 0.816. The van der Waals surface area contributed by atoms with E-state index in [0.717, 1.165) is 82.9 Å². The Balaban J connectivity index is 1.12. The number of hydrogen-bond donors (Lipinski definition) is 0. The van der Waals surface area contributed by atoms with Gasteiger partial charge in [-0.1, -0.05) is 182 Å². The maximum Gasteiger partial charge on any atom is 0.144 e. The van der Waals surface area contributed by atoms with E-state index in [-0.39, 0.29) is 0 Å². The van der Waals surface area contributed by atoms with Gasteiger partial charge in [-0.2, -0.15) is 0 Å². The van der Waals surface area contributed by atoms with Crippen LogP contribution in [-0.4, -0.2) is 4.57 Å². The fraction of sp³-hybridized carbons (Fsp3) is 0. The molecule has 302 valence electrons. The molecule has 0 fully saturated rings. The Hall–Kier alpha value is -8.66. The van der Waals surface area contributed by atoms with Crippen molar-refractivity contribution in [1.29, 1.82) is 0 Å². The van der Waals surface area contributed by atoms with Crippen molar-refractivity contribution >= 4 is 87.0 Å². The van der Waals surface area contributed by atoms with Crippen LogP contribution in [-0.2, 0) is 0 Å². The Kier molecular flexibility index (Phi) is 7.69. The number of rotatable bonds is 5. The van der Waals surface area contributed by atoms with Crippen molar-refractivity contribution in [3.63, 3.8) is 0 Å². The standard InChI is InChI=1S/C62H37NO2/c1-3-19-39(20-4-1)55-60-54(65-61(55)41-35-34-38-18-7-8-21-40(38)36-41)37-50(62-59(60)48-29-14-16-33-53(48)64-62)57-45-26-11-9-24-43(45)56(44-25-10-12-27-46(44)57)49-30-17-32-52-58(49)47-28-13-15-31-51(47)63(52)42-22-5-2-6-23-42/h1-37H. The van der Waals surface area contributed by atoms with Gasteiger partial charge in [0, 0.05) is 54.9 Å². The second-order valence-electron chi connectivity index (χ2n) is 17.1. The smallest absolute Gasteiger partial charge is 0.144 e. The lowest BCUT2D eigenvalue weighted by Crippen LogP contribution is -1.94. The number of para-hydroxylation sites is 3. The molecule has 14 aromatic rings. The Morgan fingerprint density at radius 2 is 0.892 bits per heavy atom. The van der Waals surface area contributed by atoms with Crippen LogP contribution in [0.2, 0.25) is 0 Å². The average Bonchev–Trinajstić information content (AvgIpc) is 4.06. The molecule has 0 saturated carbocycles. The highest BCUT2D eigenvalue weighted by Crippen LogP contribution is 2.53. The Bertz CT molecular complexity index is 4170. The van der Waals surface area contributed by atoms with Crippen molar-refractivity contribution in [3.05, 3.63) is 224 Å². The van der Waals surface area contributed by atoms with E-state index in [0.29, 0.717) is 0 Å². The van der Waals surface area contributed by atoms with Crippen LogP contribution >= 0.6 is 0 Å². The molecule has 0 bridgehead atoms. The van der Waals surface area contributed by atoms with Crippen molar-refractivity contribution < 1.29 is 8.83 Å². The largest absolute Gasteiger partial charge is 0.455 e. The molecule has 3 heteroatoms. The number of hydrogen-bond acceptors (Lipinski definition) is 2. The van der Waals surface area contributed by atoms with Gasteiger partial charge in [0.1, 0.15) is 22.5 Å². The van der Waals surface area contributed by atoms with Crippen LogP contribution in [0.15, 0.2) is 233 Å². The van der Waals surface area contributed by atoms with Gasteiger partial charge in [0.2, 0.25) is 0 Å². The molecule has 0 amide bonds. The molecule has 0 unspecified atom stereocenters. The van der Waals surface area contributed by atoms with Crippen molar-refractivity contribution in [2.45, 2.75) is 0 Å². The van der Waals surface area contributed by atoms with E-state index in [1.165, 1.54) is 54.5 Å². The summed E-state index contributed by atoms with van der Waals surface area (Å²) in [6, 6.07) is 80.6. The van der Waals surface area contributed by atoms with Crippen LogP contribution in [0.25, 0.3) is 137 Å². The van der Waals surface area contributed by atoms with Gasteiger partial charge in [-0.15, -0.1) is 0 Å². The van der Waals surface area contributed by atoms with Crippen LogP contribution in [0.4, 0.5) is 0 Å². The quantitative estimate of drug-likeness (QED) is 0.162. The molecule has 0 aliphatic heterocycles. The Labute approximate surface area is 373 Å². The molecular formula is C62H37NO2. The van der Waals surface area contributed by atoms with Gasteiger partial charge in [0.25, 0.3) is 0 Å². The summed E-state index contributed by atoms with van der Waals surface area (Å²) >= 11 is 0. The summed E-state index contributed by atoms with van der Waals surface area (Å²) in [5.74, 6) is 0.841. The van der Waals surface area contributed by atoms with Gasteiger partial charge in [0.15, 0.2) is 0 Å². The van der Waals surface area contributed by atoms with E-state index in [9.17, 15) is 0 Å². The molecule has 3 nitrogen and oxygen atoms in total. The Morgan fingerprint density at radius 1 is 0.308 bits per heavy atom. The minimum Gasteiger partial charge on any atom is -0.455 e. The maximum absolute atomic E-state index is 7.28. The predicted molar refractivity (Wildman–Crippen MR) is 272 cm³/mol. The van der Waals surface area contributed by atoms with Crippen LogP contribution in [0, 0.1) is 0 Å². The number of aromatic nitrogens is 1. The summed E-state index contributed by atoms with van der Waals surface area (Å²) < 4.78 is 16.8. The highest BCUT2D eigenvalue weighted by Gasteiger charge is 2.28. The zero-order valence-corrected chi connectivity index (χ0v) is 35.1. The molecule has 0 saturated heterocycles. The monoisotopic (exact) mass is 827 g/mol. The molecule has 0 spiro atoms. The summed E-state index contributed by atoms with van der Waals surface area (Å²) in [4.78, 5) is 0. The molecule has 3 aromatic heterocycles.